The average Bonchev–Trinajstić information content (AvgIpc) is 2.20. The van der Waals surface area contributed by atoms with Gasteiger partial charge in [-0.1, -0.05) is 23.7 Å². The minimum atomic E-state index is -0.964. The summed E-state index contributed by atoms with van der Waals surface area (Å²) in [6.07, 6.45) is 2.07. The number of benzene rings is 1. The fraction of sp³-hybridized carbons (Fsp3) is 0.462. The normalized spacial score (nSPS) is 34.4. The summed E-state index contributed by atoms with van der Waals surface area (Å²) in [6.45, 7) is 0. The van der Waals surface area contributed by atoms with Crippen LogP contribution >= 0.6 is 11.6 Å². The highest BCUT2D eigenvalue weighted by atomic mass is 35.5. The third-order valence-corrected chi connectivity index (χ3v) is 4.90. The van der Waals surface area contributed by atoms with Crippen molar-refractivity contribution in [2.75, 3.05) is 0 Å². The number of nitrogens with two attached hydrogens (primary N) is 1. The average molecular weight is 270 g/mol. The first-order chi connectivity index (χ1) is 8.40. The van der Waals surface area contributed by atoms with E-state index in [2.05, 4.69) is 0 Å². The molecule has 3 saturated carbocycles. The van der Waals surface area contributed by atoms with Gasteiger partial charge in [-0.2, -0.15) is 0 Å². The lowest BCUT2D eigenvalue weighted by molar-refractivity contribution is -0.178. The lowest BCUT2D eigenvalue weighted by Gasteiger charge is -2.72. The molecular formula is C13H13ClFNO2. The minimum Gasteiger partial charge on any atom is -0.480 e. The van der Waals surface area contributed by atoms with Crippen molar-refractivity contribution in [2.45, 2.75) is 30.7 Å². The van der Waals surface area contributed by atoms with Crippen molar-refractivity contribution in [3.05, 3.63) is 34.6 Å². The van der Waals surface area contributed by atoms with Crippen molar-refractivity contribution in [1.29, 1.82) is 0 Å². The maximum atomic E-state index is 13.4. The minimum absolute atomic E-state index is 0.147. The molecule has 3 aliphatic rings. The van der Waals surface area contributed by atoms with Crippen LogP contribution in [-0.4, -0.2) is 17.1 Å². The Kier molecular flexibility index (Phi) is 2.29. The summed E-state index contributed by atoms with van der Waals surface area (Å²) >= 11 is 5.98. The van der Waals surface area contributed by atoms with Crippen molar-refractivity contribution < 1.29 is 14.3 Å². The first kappa shape index (κ1) is 11.9. The molecule has 0 spiro atoms. The molecule has 0 amide bonds. The fourth-order valence-corrected chi connectivity index (χ4v) is 3.98. The van der Waals surface area contributed by atoms with Crippen LogP contribution in [-0.2, 0) is 10.2 Å². The van der Waals surface area contributed by atoms with Gasteiger partial charge in [0.15, 0.2) is 0 Å². The van der Waals surface area contributed by atoms with E-state index in [1.54, 1.807) is 6.07 Å². The van der Waals surface area contributed by atoms with E-state index in [0.29, 0.717) is 19.3 Å². The maximum Gasteiger partial charge on any atom is 0.321 e. The summed E-state index contributed by atoms with van der Waals surface area (Å²) in [5.41, 5.74) is 6.04. The summed E-state index contributed by atoms with van der Waals surface area (Å²) in [5, 5.41) is 9.11. The molecular weight excluding hydrogens is 257 g/mol. The van der Waals surface area contributed by atoms with Gasteiger partial charge >= 0.3 is 5.97 Å². The Bertz CT molecular complexity index is 526. The summed E-state index contributed by atoms with van der Waals surface area (Å²) in [6, 6.07) is 3.96. The molecule has 5 heteroatoms. The molecule has 0 aromatic heterocycles. The molecule has 0 saturated heterocycles. The quantitative estimate of drug-likeness (QED) is 0.885. The number of rotatable bonds is 3. The highest BCUT2D eigenvalue weighted by Gasteiger charge is 2.72. The van der Waals surface area contributed by atoms with Crippen LogP contribution in [0.4, 0.5) is 4.39 Å². The molecule has 0 aliphatic heterocycles. The van der Waals surface area contributed by atoms with Gasteiger partial charge in [0, 0.05) is 0 Å². The number of halogens is 2. The first-order valence-electron chi connectivity index (χ1n) is 5.83. The molecule has 96 valence electrons. The largest absolute Gasteiger partial charge is 0.480 e. The Morgan fingerprint density at radius 3 is 2.61 bits per heavy atom. The van der Waals surface area contributed by atoms with Gasteiger partial charge in [-0.05, 0) is 41.7 Å². The topological polar surface area (TPSA) is 63.3 Å². The maximum absolute atomic E-state index is 13.4. The Morgan fingerprint density at radius 2 is 2.06 bits per heavy atom. The van der Waals surface area contributed by atoms with E-state index in [1.165, 1.54) is 6.07 Å². The monoisotopic (exact) mass is 269 g/mol. The van der Waals surface area contributed by atoms with Crippen molar-refractivity contribution >= 4 is 17.6 Å². The van der Waals surface area contributed by atoms with Crippen LogP contribution in [0.2, 0.25) is 5.02 Å². The highest BCUT2D eigenvalue weighted by Crippen LogP contribution is 2.75. The lowest BCUT2D eigenvalue weighted by atomic mass is 9.31. The zero-order chi connectivity index (χ0) is 13.1. The van der Waals surface area contributed by atoms with Crippen LogP contribution in [0.3, 0.4) is 0 Å². The smallest absolute Gasteiger partial charge is 0.321 e. The summed E-state index contributed by atoms with van der Waals surface area (Å²) in [7, 11) is 0. The first-order valence-corrected chi connectivity index (χ1v) is 6.21. The molecule has 0 heterocycles. The predicted octanol–water partition coefficient (Wildman–Crippen LogP) is 2.31. The van der Waals surface area contributed by atoms with E-state index in [0.717, 1.165) is 5.56 Å². The third-order valence-electron chi connectivity index (χ3n) is 4.52. The summed E-state index contributed by atoms with van der Waals surface area (Å²) < 4.78 is 13.4. The van der Waals surface area contributed by atoms with Crippen molar-refractivity contribution in [1.82, 2.24) is 0 Å². The van der Waals surface area contributed by atoms with Crippen LogP contribution in [0.25, 0.3) is 0 Å². The molecule has 3 fully saturated rings. The van der Waals surface area contributed by atoms with E-state index in [4.69, 9.17) is 22.4 Å². The van der Waals surface area contributed by atoms with Gasteiger partial charge in [0.1, 0.15) is 11.9 Å². The zero-order valence-electron chi connectivity index (χ0n) is 9.62. The Labute approximate surface area is 109 Å². The van der Waals surface area contributed by atoms with Crippen LogP contribution in [0.15, 0.2) is 18.2 Å². The molecule has 1 aromatic carbocycles. The second kappa shape index (κ2) is 3.45. The second-order valence-electron chi connectivity index (χ2n) is 5.59. The van der Waals surface area contributed by atoms with E-state index in [9.17, 15) is 9.18 Å². The zero-order valence-corrected chi connectivity index (χ0v) is 10.4. The molecule has 2 bridgehead atoms. The van der Waals surface area contributed by atoms with Gasteiger partial charge in [0.25, 0.3) is 0 Å². The molecule has 1 aromatic rings. The molecule has 18 heavy (non-hydrogen) atoms. The molecule has 3 aliphatic carbocycles. The van der Waals surface area contributed by atoms with Crippen molar-refractivity contribution in [3.63, 3.8) is 0 Å². The number of carboxylic acids is 1. The van der Waals surface area contributed by atoms with Gasteiger partial charge in [-0.3, -0.25) is 4.79 Å². The van der Waals surface area contributed by atoms with Gasteiger partial charge in [0.05, 0.1) is 5.02 Å². The highest BCUT2D eigenvalue weighted by molar-refractivity contribution is 6.31. The number of hydrogen-bond acceptors (Lipinski definition) is 2. The third kappa shape index (κ3) is 1.30. The Hall–Kier alpha value is -1.13. The van der Waals surface area contributed by atoms with Gasteiger partial charge in [-0.15, -0.1) is 0 Å². The number of carboxylic acid groups (broad SMARTS) is 1. The second-order valence-corrected chi connectivity index (χ2v) is 5.97. The summed E-state index contributed by atoms with van der Waals surface area (Å²) in [4.78, 5) is 10.9. The van der Waals surface area contributed by atoms with Gasteiger partial charge in [0.2, 0.25) is 0 Å². The number of hydrogen-bond donors (Lipinski definition) is 2. The van der Waals surface area contributed by atoms with Crippen LogP contribution < -0.4 is 5.73 Å². The molecule has 3 nitrogen and oxygen atoms in total. The Balaban J connectivity index is 1.84. The van der Waals surface area contributed by atoms with E-state index >= 15 is 0 Å². The van der Waals surface area contributed by atoms with E-state index in [1.807, 2.05) is 6.07 Å². The number of aliphatic carboxylic acids is 1. The standard InChI is InChI=1S/C13H13ClFNO2/c14-9-7(2-1-3-8(9)15)12-4-13(5-12,6-12)10(16)11(17)18/h1-3,10H,4-6,16H2,(H,17,18). The lowest BCUT2D eigenvalue weighted by Crippen LogP contribution is -2.72. The molecule has 4 rings (SSSR count). The number of carbonyl (C=O) groups is 1. The molecule has 0 radical (unpaired) electrons. The molecule has 1 unspecified atom stereocenters. The Morgan fingerprint density at radius 1 is 1.44 bits per heavy atom. The fourth-order valence-electron chi connectivity index (χ4n) is 3.66. The van der Waals surface area contributed by atoms with Crippen molar-refractivity contribution in [2.24, 2.45) is 11.1 Å². The van der Waals surface area contributed by atoms with Gasteiger partial charge < -0.3 is 10.8 Å². The van der Waals surface area contributed by atoms with Crippen LogP contribution in [0.1, 0.15) is 24.8 Å². The predicted molar refractivity (Wildman–Crippen MR) is 65.0 cm³/mol. The summed E-state index contributed by atoms with van der Waals surface area (Å²) in [5.74, 6) is -1.39. The van der Waals surface area contributed by atoms with Gasteiger partial charge in [-0.25, -0.2) is 4.39 Å². The van der Waals surface area contributed by atoms with Crippen LogP contribution in [0.5, 0.6) is 0 Å². The SMILES string of the molecule is NC(C(=O)O)C12CC(c3cccc(F)c3Cl)(C1)C2. The van der Waals surface area contributed by atoms with E-state index < -0.39 is 17.8 Å². The van der Waals surface area contributed by atoms with E-state index in [-0.39, 0.29) is 15.9 Å². The molecule has 3 N–H and O–H groups in total. The molecule has 1 atom stereocenters. The van der Waals surface area contributed by atoms with Crippen LogP contribution in [0, 0.1) is 11.2 Å². The van der Waals surface area contributed by atoms with Crippen molar-refractivity contribution in [3.8, 4) is 0 Å².